The third kappa shape index (κ3) is 0.835. The summed E-state index contributed by atoms with van der Waals surface area (Å²) in [6.45, 7) is 0. The highest BCUT2D eigenvalue weighted by Crippen LogP contribution is 2.14. The summed E-state index contributed by atoms with van der Waals surface area (Å²) in [4.78, 5) is 13.7. The number of carbonyl (C=O) groups excluding carboxylic acids is 1. The Morgan fingerprint density at radius 2 is 2.27 bits per heavy atom. The molecular formula is C9H7NO. The molecule has 1 aromatic carbocycles. The third-order valence-corrected chi connectivity index (χ3v) is 1.70. The van der Waals surface area contributed by atoms with Gasteiger partial charge in [0.2, 0.25) is 0 Å². The van der Waals surface area contributed by atoms with Gasteiger partial charge in [-0.3, -0.25) is 4.79 Å². The zero-order chi connectivity index (χ0) is 8.55. The standard InChI is InChI=1S/C9H7NO/c11-6-7-5-10-9-4-2-1-3-8(7)9/h1-6,10H/i6D. The smallest absolute Gasteiger partial charge is 0.152 e. The minimum atomic E-state index is -0.646. The molecule has 2 aromatic rings. The second-order valence-corrected chi connectivity index (χ2v) is 2.35. The number of aldehydes is 1. The number of hydrogen-bond acceptors (Lipinski definition) is 1. The molecule has 0 saturated heterocycles. The predicted molar refractivity (Wildman–Crippen MR) is 43.7 cm³/mol. The monoisotopic (exact) mass is 146 g/mol. The molecule has 0 aliphatic carbocycles. The van der Waals surface area contributed by atoms with Gasteiger partial charge in [-0.25, -0.2) is 0 Å². The summed E-state index contributed by atoms with van der Waals surface area (Å²) < 4.78 is 6.96. The van der Waals surface area contributed by atoms with Crippen molar-refractivity contribution in [2.75, 3.05) is 0 Å². The van der Waals surface area contributed by atoms with Crippen molar-refractivity contribution in [1.29, 1.82) is 0 Å². The van der Waals surface area contributed by atoms with E-state index in [2.05, 4.69) is 4.98 Å². The minimum absolute atomic E-state index is 0.436. The molecule has 0 radical (unpaired) electrons. The van der Waals surface area contributed by atoms with E-state index in [0.29, 0.717) is 5.56 Å². The molecule has 1 aromatic heterocycles. The number of carbonyl (C=O) groups is 1. The van der Waals surface area contributed by atoms with Gasteiger partial charge in [-0.15, -0.1) is 0 Å². The van der Waals surface area contributed by atoms with E-state index in [-0.39, 0.29) is 0 Å². The molecule has 54 valence electrons. The van der Waals surface area contributed by atoms with Gasteiger partial charge in [0.05, 0.1) is 0 Å². The van der Waals surface area contributed by atoms with E-state index >= 15 is 0 Å². The Hall–Kier alpha value is -1.57. The van der Waals surface area contributed by atoms with Crippen LogP contribution in [0.1, 0.15) is 11.7 Å². The first kappa shape index (κ1) is 5.13. The van der Waals surface area contributed by atoms with Crippen molar-refractivity contribution in [3.8, 4) is 0 Å². The fraction of sp³-hybridized carbons (Fsp3) is 0. The predicted octanol–water partition coefficient (Wildman–Crippen LogP) is 1.98. The summed E-state index contributed by atoms with van der Waals surface area (Å²) >= 11 is 0. The van der Waals surface area contributed by atoms with E-state index < -0.39 is 6.26 Å². The molecule has 1 heterocycles. The maximum absolute atomic E-state index is 10.8. The maximum atomic E-state index is 10.8. The van der Waals surface area contributed by atoms with Gasteiger partial charge in [-0.05, 0) is 6.07 Å². The minimum Gasteiger partial charge on any atom is -0.360 e. The van der Waals surface area contributed by atoms with Crippen molar-refractivity contribution in [3.63, 3.8) is 0 Å². The molecule has 2 rings (SSSR count). The van der Waals surface area contributed by atoms with Gasteiger partial charge in [-0.1, -0.05) is 18.2 Å². The Morgan fingerprint density at radius 3 is 3.09 bits per heavy atom. The van der Waals surface area contributed by atoms with Crippen molar-refractivity contribution in [2.45, 2.75) is 0 Å². The van der Waals surface area contributed by atoms with Gasteiger partial charge in [0, 0.05) is 22.7 Å². The summed E-state index contributed by atoms with van der Waals surface area (Å²) in [5, 5.41) is 0.817. The van der Waals surface area contributed by atoms with Crippen LogP contribution in [0.5, 0.6) is 0 Å². The van der Waals surface area contributed by atoms with Crippen LogP contribution in [0.3, 0.4) is 0 Å². The molecule has 0 aliphatic rings. The number of nitrogens with one attached hydrogen (secondary N) is 1. The van der Waals surface area contributed by atoms with Gasteiger partial charge in [0.25, 0.3) is 0 Å². The first-order valence-corrected chi connectivity index (χ1v) is 3.36. The van der Waals surface area contributed by atoms with Gasteiger partial charge in [0.15, 0.2) is 6.26 Å². The number of H-pyrrole nitrogens is 1. The number of benzene rings is 1. The highest BCUT2D eigenvalue weighted by molar-refractivity contribution is 5.96. The third-order valence-electron chi connectivity index (χ3n) is 1.70. The number of para-hydroxylation sites is 1. The number of fused-ring (bicyclic) bond motifs is 1. The normalized spacial score (nSPS) is 11.5. The summed E-state index contributed by atoms with van der Waals surface area (Å²) in [6, 6.07) is 7.44. The van der Waals surface area contributed by atoms with Crippen LogP contribution in [0.4, 0.5) is 0 Å². The molecule has 0 amide bonds. The summed E-state index contributed by atoms with van der Waals surface area (Å²) in [5.74, 6) is 0. The van der Waals surface area contributed by atoms with Crippen molar-refractivity contribution < 1.29 is 6.17 Å². The number of hydrogen-bond donors (Lipinski definition) is 1. The van der Waals surface area contributed by atoms with Crippen molar-refractivity contribution in [1.82, 2.24) is 4.98 Å². The van der Waals surface area contributed by atoms with E-state index in [4.69, 9.17) is 1.37 Å². The van der Waals surface area contributed by atoms with Crippen molar-refractivity contribution >= 4 is 17.2 Å². The maximum Gasteiger partial charge on any atom is 0.152 e. The van der Waals surface area contributed by atoms with Gasteiger partial charge in [0.1, 0.15) is 1.37 Å². The fourth-order valence-corrected chi connectivity index (χ4v) is 1.16. The molecule has 11 heavy (non-hydrogen) atoms. The van der Waals surface area contributed by atoms with Crippen molar-refractivity contribution in [3.05, 3.63) is 36.0 Å². The van der Waals surface area contributed by atoms with Gasteiger partial charge in [-0.2, -0.15) is 0 Å². The second-order valence-electron chi connectivity index (χ2n) is 2.35. The number of rotatable bonds is 1. The molecule has 2 heteroatoms. The van der Waals surface area contributed by atoms with Crippen molar-refractivity contribution in [2.24, 2.45) is 0 Å². The molecule has 0 aliphatic heterocycles. The lowest BCUT2D eigenvalue weighted by Gasteiger charge is -1.86. The summed E-state index contributed by atoms with van der Waals surface area (Å²) in [6.07, 6.45) is 0.924. The van der Waals surface area contributed by atoms with Crippen LogP contribution in [0, 0.1) is 0 Å². The quantitative estimate of drug-likeness (QED) is 0.613. The zero-order valence-electron chi connectivity index (χ0n) is 6.79. The lowest BCUT2D eigenvalue weighted by atomic mass is 10.2. The van der Waals surface area contributed by atoms with E-state index in [1.165, 1.54) is 0 Å². The fourth-order valence-electron chi connectivity index (χ4n) is 1.16. The van der Waals surface area contributed by atoms with Crippen LogP contribution in [-0.2, 0) is 0 Å². The highest BCUT2D eigenvalue weighted by atomic mass is 16.1. The molecule has 0 atom stereocenters. The SMILES string of the molecule is [2H]C(=O)c1c[nH]c2ccccc12. The molecule has 0 bridgehead atoms. The average Bonchev–Trinajstić information content (AvgIpc) is 2.47. The Labute approximate surface area is 65.3 Å². The van der Waals surface area contributed by atoms with Gasteiger partial charge < -0.3 is 4.98 Å². The molecule has 2 nitrogen and oxygen atoms in total. The second kappa shape index (κ2) is 2.23. The lowest BCUT2D eigenvalue weighted by Crippen LogP contribution is -1.72. The molecule has 1 N–H and O–H groups in total. The number of aromatic amines is 1. The molecule has 0 unspecified atom stereocenters. The largest absolute Gasteiger partial charge is 0.360 e. The first-order chi connectivity index (χ1) is 5.79. The van der Waals surface area contributed by atoms with Crippen LogP contribution in [0.25, 0.3) is 10.9 Å². The molecule has 0 fully saturated rings. The lowest BCUT2D eigenvalue weighted by molar-refractivity contribution is 0.112. The van der Waals surface area contributed by atoms with Gasteiger partial charge >= 0.3 is 0 Å². The Bertz CT molecular complexity index is 433. The Kier molecular flexibility index (Phi) is 1.04. The van der Waals surface area contributed by atoms with E-state index in [9.17, 15) is 4.79 Å². The Morgan fingerprint density at radius 1 is 1.45 bits per heavy atom. The van der Waals surface area contributed by atoms with E-state index in [0.717, 1.165) is 10.9 Å². The average molecular weight is 146 g/mol. The first-order valence-electron chi connectivity index (χ1n) is 3.86. The van der Waals surface area contributed by atoms with Crippen LogP contribution in [-0.4, -0.2) is 11.2 Å². The zero-order valence-corrected chi connectivity index (χ0v) is 5.79. The topological polar surface area (TPSA) is 32.9 Å². The van der Waals surface area contributed by atoms with Crippen LogP contribution < -0.4 is 0 Å². The molecular weight excluding hydrogens is 138 g/mol. The molecule has 0 saturated carbocycles. The number of aromatic nitrogens is 1. The van der Waals surface area contributed by atoms with E-state index in [1.54, 1.807) is 6.20 Å². The van der Waals surface area contributed by atoms with Crippen LogP contribution in [0.2, 0.25) is 0 Å². The highest BCUT2D eigenvalue weighted by Gasteiger charge is 1.98. The summed E-state index contributed by atoms with van der Waals surface area (Å²) in [7, 11) is 0. The molecule has 0 spiro atoms. The van der Waals surface area contributed by atoms with Crippen LogP contribution >= 0.6 is 0 Å². The van der Waals surface area contributed by atoms with E-state index in [1.807, 2.05) is 24.3 Å². The Balaban J connectivity index is 2.79. The van der Waals surface area contributed by atoms with Crippen LogP contribution in [0.15, 0.2) is 30.5 Å². The summed E-state index contributed by atoms with van der Waals surface area (Å²) in [5.41, 5.74) is 1.33.